The molecular formula is C21H18N2O3. The van der Waals surface area contributed by atoms with Gasteiger partial charge in [0.05, 0.1) is 5.56 Å². The zero-order valence-electron chi connectivity index (χ0n) is 14.0. The maximum atomic E-state index is 12.4. The summed E-state index contributed by atoms with van der Waals surface area (Å²) in [5, 5.41) is 2.84. The van der Waals surface area contributed by atoms with Crippen molar-refractivity contribution in [1.29, 1.82) is 0 Å². The molecule has 0 fully saturated rings. The van der Waals surface area contributed by atoms with Gasteiger partial charge in [0.1, 0.15) is 12.4 Å². The van der Waals surface area contributed by atoms with E-state index in [1.807, 2.05) is 36.4 Å². The molecule has 2 amide bonds. The van der Waals surface area contributed by atoms with Crippen LogP contribution in [0, 0.1) is 0 Å². The van der Waals surface area contributed by atoms with Gasteiger partial charge < -0.3 is 15.8 Å². The van der Waals surface area contributed by atoms with Crippen molar-refractivity contribution >= 4 is 17.5 Å². The number of hydrogen-bond acceptors (Lipinski definition) is 3. The summed E-state index contributed by atoms with van der Waals surface area (Å²) in [6.45, 7) is 0.219. The molecule has 0 aromatic heterocycles. The lowest BCUT2D eigenvalue weighted by atomic mass is 10.1. The summed E-state index contributed by atoms with van der Waals surface area (Å²) in [5.41, 5.74) is 7.74. The van der Waals surface area contributed by atoms with Gasteiger partial charge in [-0.3, -0.25) is 9.59 Å². The van der Waals surface area contributed by atoms with Crippen LogP contribution in [-0.2, 0) is 6.61 Å². The van der Waals surface area contributed by atoms with Crippen LogP contribution in [0.3, 0.4) is 0 Å². The molecule has 26 heavy (non-hydrogen) atoms. The summed E-state index contributed by atoms with van der Waals surface area (Å²) in [6, 6.07) is 23.2. The van der Waals surface area contributed by atoms with Crippen LogP contribution >= 0.6 is 0 Å². The normalized spacial score (nSPS) is 10.2. The Labute approximate surface area is 151 Å². The lowest BCUT2D eigenvalue weighted by molar-refractivity contribution is 0.0994. The average Bonchev–Trinajstić information content (AvgIpc) is 2.67. The van der Waals surface area contributed by atoms with Crippen LogP contribution in [0.2, 0.25) is 0 Å². The molecule has 0 bridgehead atoms. The second-order valence-corrected chi connectivity index (χ2v) is 5.67. The first-order valence-corrected chi connectivity index (χ1v) is 8.10. The Hall–Kier alpha value is -3.60. The average molecular weight is 346 g/mol. The predicted octanol–water partition coefficient (Wildman–Crippen LogP) is 3.62. The number of carbonyl (C=O) groups is 2. The summed E-state index contributed by atoms with van der Waals surface area (Å²) < 4.78 is 5.70. The van der Waals surface area contributed by atoms with E-state index in [0.717, 1.165) is 11.3 Å². The Bertz CT molecular complexity index is 923. The highest BCUT2D eigenvalue weighted by Crippen LogP contribution is 2.19. The van der Waals surface area contributed by atoms with E-state index in [2.05, 4.69) is 5.32 Å². The Morgan fingerprint density at radius 2 is 1.62 bits per heavy atom. The molecule has 0 radical (unpaired) electrons. The van der Waals surface area contributed by atoms with E-state index < -0.39 is 5.91 Å². The number of ether oxygens (including phenoxy) is 1. The van der Waals surface area contributed by atoms with Gasteiger partial charge in [0.25, 0.3) is 11.8 Å². The van der Waals surface area contributed by atoms with Crippen LogP contribution in [0.25, 0.3) is 0 Å². The molecule has 0 aliphatic carbocycles. The second-order valence-electron chi connectivity index (χ2n) is 5.67. The topological polar surface area (TPSA) is 81.4 Å². The molecule has 130 valence electrons. The number of anilines is 1. The summed E-state index contributed by atoms with van der Waals surface area (Å²) in [6.07, 6.45) is 0. The molecule has 0 atom stereocenters. The van der Waals surface area contributed by atoms with Gasteiger partial charge in [-0.2, -0.15) is 0 Å². The minimum atomic E-state index is -0.545. The molecule has 0 aliphatic rings. The number of benzene rings is 3. The molecule has 0 unspecified atom stereocenters. The SMILES string of the molecule is NC(=O)c1ccccc1OCc1cccc(C(=O)Nc2ccccc2)c1. The van der Waals surface area contributed by atoms with Crippen molar-refractivity contribution < 1.29 is 14.3 Å². The minimum absolute atomic E-state index is 0.199. The zero-order valence-corrected chi connectivity index (χ0v) is 14.0. The van der Waals surface area contributed by atoms with Gasteiger partial charge in [0.2, 0.25) is 0 Å². The number of rotatable bonds is 6. The van der Waals surface area contributed by atoms with E-state index in [-0.39, 0.29) is 12.5 Å². The van der Waals surface area contributed by atoms with Crippen molar-refractivity contribution in [3.8, 4) is 5.75 Å². The summed E-state index contributed by atoms with van der Waals surface area (Å²) in [4.78, 5) is 23.8. The largest absolute Gasteiger partial charge is 0.488 e. The van der Waals surface area contributed by atoms with Gasteiger partial charge in [-0.25, -0.2) is 0 Å². The molecule has 0 spiro atoms. The predicted molar refractivity (Wildman–Crippen MR) is 100 cm³/mol. The van der Waals surface area contributed by atoms with Gasteiger partial charge in [0.15, 0.2) is 0 Å². The molecular weight excluding hydrogens is 328 g/mol. The summed E-state index contributed by atoms with van der Waals surface area (Å²) in [7, 11) is 0. The van der Waals surface area contributed by atoms with Crippen molar-refractivity contribution in [2.24, 2.45) is 5.73 Å². The Balaban J connectivity index is 1.70. The van der Waals surface area contributed by atoms with Gasteiger partial charge >= 0.3 is 0 Å². The summed E-state index contributed by atoms with van der Waals surface area (Å²) >= 11 is 0. The molecule has 0 saturated heterocycles. The smallest absolute Gasteiger partial charge is 0.255 e. The molecule has 0 saturated carbocycles. The van der Waals surface area contributed by atoms with Gasteiger partial charge in [-0.1, -0.05) is 42.5 Å². The number of nitrogens with one attached hydrogen (secondary N) is 1. The number of nitrogens with two attached hydrogens (primary N) is 1. The fraction of sp³-hybridized carbons (Fsp3) is 0.0476. The van der Waals surface area contributed by atoms with E-state index in [0.29, 0.717) is 16.9 Å². The third-order valence-corrected chi connectivity index (χ3v) is 3.77. The Kier molecular flexibility index (Phi) is 5.29. The summed E-state index contributed by atoms with van der Waals surface area (Å²) in [5.74, 6) is -0.327. The standard InChI is InChI=1S/C21H18N2O3/c22-20(24)18-11-4-5-12-19(18)26-14-15-7-6-8-16(13-15)21(25)23-17-9-2-1-3-10-17/h1-13H,14H2,(H2,22,24)(H,23,25). The highest BCUT2D eigenvalue weighted by molar-refractivity contribution is 6.04. The first kappa shape index (κ1) is 17.2. The number of amides is 2. The Morgan fingerprint density at radius 1 is 0.885 bits per heavy atom. The first-order valence-electron chi connectivity index (χ1n) is 8.10. The van der Waals surface area contributed by atoms with E-state index in [4.69, 9.17) is 10.5 Å². The zero-order chi connectivity index (χ0) is 18.4. The van der Waals surface area contributed by atoms with Gasteiger partial charge in [-0.15, -0.1) is 0 Å². The van der Waals surface area contributed by atoms with Crippen molar-refractivity contribution in [3.05, 3.63) is 95.6 Å². The highest BCUT2D eigenvalue weighted by atomic mass is 16.5. The maximum absolute atomic E-state index is 12.4. The van der Waals surface area contributed by atoms with E-state index >= 15 is 0 Å². The molecule has 5 nitrogen and oxygen atoms in total. The van der Waals surface area contributed by atoms with E-state index in [1.54, 1.807) is 42.5 Å². The molecule has 0 aliphatic heterocycles. The van der Waals surface area contributed by atoms with Crippen LogP contribution in [-0.4, -0.2) is 11.8 Å². The van der Waals surface area contributed by atoms with Crippen molar-refractivity contribution in [1.82, 2.24) is 0 Å². The molecule has 0 heterocycles. The van der Waals surface area contributed by atoms with Crippen molar-refractivity contribution in [3.63, 3.8) is 0 Å². The first-order chi connectivity index (χ1) is 12.6. The lowest BCUT2D eigenvalue weighted by Gasteiger charge is -2.10. The van der Waals surface area contributed by atoms with Crippen LogP contribution in [0.4, 0.5) is 5.69 Å². The van der Waals surface area contributed by atoms with E-state index in [9.17, 15) is 9.59 Å². The molecule has 3 N–H and O–H groups in total. The number of primary amides is 1. The molecule has 5 heteroatoms. The number of carbonyl (C=O) groups excluding carboxylic acids is 2. The van der Waals surface area contributed by atoms with Crippen molar-refractivity contribution in [2.45, 2.75) is 6.61 Å². The van der Waals surface area contributed by atoms with E-state index in [1.165, 1.54) is 0 Å². The number of hydrogen-bond donors (Lipinski definition) is 2. The van der Waals surface area contributed by atoms with Crippen molar-refractivity contribution in [2.75, 3.05) is 5.32 Å². The lowest BCUT2D eigenvalue weighted by Crippen LogP contribution is -2.13. The van der Waals surface area contributed by atoms with Gasteiger partial charge in [0, 0.05) is 11.3 Å². The third kappa shape index (κ3) is 4.27. The van der Waals surface area contributed by atoms with Crippen LogP contribution in [0.1, 0.15) is 26.3 Å². The molecule has 3 rings (SSSR count). The molecule has 3 aromatic carbocycles. The van der Waals surface area contributed by atoms with Gasteiger partial charge in [-0.05, 0) is 42.0 Å². The Morgan fingerprint density at radius 3 is 2.38 bits per heavy atom. The van der Waals surface area contributed by atoms with Crippen LogP contribution in [0.15, 0.2) is 78.9 Å². The monoisotopic (exact) mass is 346 g/mol. The quantitative estimate of drug-likeness (QED) is 0.715. The van der Waals surface area contributed by atoms with Crippen LogP contribution < -0.4 is 15.8 Å². The minimum Gasteiger partial charge on any atom is -0.488 e. The highest BCUT2D eigenvalue weighted by Gasteiger charge is 2.10. The maximum Gasteiger partial charge on any atom is 0.255 e. The second kappa shape index (κ2) is 7.98. The van der Waals surface area contributed by atoms with Crippen LogP contribution in [0.5, 0.6) is 5.75 Å². The fourth-order valence-electron chi connectivity index (χ4n) is 2.48. The third-order valence-electron chi connectivity index (χ3n) is 3.77. The fourth-order valence-corrected chi connectivity index (χ4v) is 2.48. The number of para-hydroxylation sites is 2. The molecule has 3 aromatic rings.